The average molecular weight is 380 g/mol. The molecule has 1 amide bonds. The van der Waals surface area contributed by atoms with E-state index in [0.29, 0.717) is 22.4 Å². The number of piperidine rings is 1. The number of amides is 1. The van der Waals surface area contributed by atoms with Crippen molar-refractivity contribution in [3.05, 3.63) is 21.8 Å². The van der Waals surface area contributed by atoms with Gasteiger partial charge in [0.25, 0.3) is 5.56 Å². The van der Waals surface area contributed by atoms with Crippen LogP contribution in [-0.2, 0) is 11.3 Å². The molecule has 1 aliphatic rings. The molecule has 7 heteroatoms. The van der Waals surface area contributed by atoms with Gasteiger partial charge in [-0.2, -0.15) is 0 Å². The summed E-state index contributed by atoms with van der Waals surface area (Å²) in [5, 5.41) is 2.29. The maximum absolute atomic E-state index is 13.0. The summed E-state index contributed by atoms with van der Waals surface area (Å²) in [4.78, 5) is 32.3. The number of hydrogen-bond donors (Lipinski definition) is 0. The molecule has 5 nitrogen and oxygen atoms in total. The van der Waals surface area contributed by atoms with E-state index in [9.17, 15) is 9.59 Å². The SMILES string of the molecule is CCC1CCCCN1C(=O)C(C)Sc1nc2ccsc2c(=O)n1CC. The summed E-state index contributed by atoms with van der Waals surface area (Å²) in [5.41, 5.74) is 0.723. The standard InChI is InChI=1S/C18H25N3O2S2/c1-4-13-8-6-7-10-21(13)16(22)12(3)25-18-19-14-9-11-24-15(14)17(23)20(18)5-2/h9,11-13H,4-8,10H2,1-3H3. The van der Waals surface area contributed by atoms with Crippen molar-refractivity contribution < 1.29 is 4.79 Å². The normalized spacial score (nSPS) is 19.3. The second kappa shape index (κ2) is 7.91. The number of aromatic nitrogens is 2. The minimum atomic E-state index is -0.243. The number of nitrogens with zero attached hydrogens (tertiary/aromatic N) is 3. The zero-order valence-corrected chi connectivity index (χ0v) is 16.7. The van der Waals surface area contributed by atoms with E-state index in [2.05, 4.69) is 11.9 Å². The minimum absolute atomic E-state index is 0.00550. The molecule has 25 heavy (non-hydrogen) atoms. The first kappa shape index (κ1) is 18.5. The highest BCUT2D eigenvalue weighted by molar-refractivity contribution is 8.00. The highest BCUT2D eigenvalue weighted by Gasteiger charge is 2.30. The lowest BCUT2D eigenvalue weighted by molar-refractivity contribution is -0.134. The number of fused-ring (bicyclic) bond motifs is 1. The number of hydrogen-bond acceptors (Lipinski definition) is 5. The van der Waals surface area contributed by atoms with Crippen LogP contribution in [0.4, 0.5) is 0 Å². The van der Waals surface area contributed by atoms with Gasteiger partial charge < -0.3 is 4.90 Å². The summed E-state index contributed by atoms with van der Waals surface area (Å²) in [6.07, 6.45) is 4.38. The molecule has 136 valence electrons. The molecule has 2 unspecified atom stereocenters. The van der Waals surface area contributed by atoms with E-state index < -0.39 is 0 Å². The lowest BCUT2D eigenvalue weighted by Crippen LogP contribution is -2.46. The highest BCUT2D eigenvalue weighted by atomic mass is 32.2. The molecule has 0 saturated carbocycles. The Morgan fingerprint density at radius 2 is 2.24 bits per heavy atom. The minimum Gasteiger partial charge on any atom is -0.339 e. The third-order valence-corrected chi connectivity index (χ3v) is 6.83. The van der Waals surface area contributed by atoms with E-state index in [1.807, 2.05) is 30.2 Å². The predicted octanol–water partition coefficient (Wildman–Crippen LogP) is 3.75. The van der Waals surface area contributed by atoms with E-state index in [1.165, 1.54) is 29.5 Å². The Hall–Kier alpha value is -1.34. The highest BCUT2D eigenvalue weighted by Crippen LogP contribution is 2.28. The van der Waals surface area contributed by atoms with Gasteiger partial charge in [-0.3, -0.25) is 14.2 Å². The van der Waals surface area contributed by atoms with Crippen LogP contribution in [0.3, 0.4) is 0 Å². The third kappa shape index (κ3) is 3.62. The van der Waals surface area contributed by atoms with E-state index in [-0.39, 0.29) is 16.7 Å². The van der Waals surface area contributed by atoms with Crippen LogP contribution in [0.1, 0.15) is 46.5 Å². The maximum atomic E-state index is 13.0. The van der Waals surface area contributed by atoms with E-state index >= 15 is 0 Å². The summed E-state index contributed by atoms with van der Waals surface area (Å²) in [5.74, 6) is 0.166. The second-order valence-electron chi connectivity index (χ2n) is 6.43. The molecule has 1 aliphatic heterocycles. The molecular formula is C18H25N3O2S2. The third-order valence-electron chi connectivity index (χ3n) is 4.86. The first-order valence-corrected chi connectivity index (χ1v) is 10.8. The zero-order chi connectivity index (χ0) is 18.0. The van der Waals surface area contributed by atoms with Gasteiger partial charge in [0.2, 0.25) is 5.91 Å². The molecule has 2 aromatic rings. The topological polar surface area (TPSA) is 55.2 Å². The van der Waals surface area contributed by atoms with Crippen molar-refractivity contribution >= 4 is 39.2 Å². The molecule has 1 saturated heterocycles. The molecular weight excluding hydrogens is 354 g/mol. The van der Waals surface area contributed by atoms with Crippen LogP contribution >= 0.6 is 23.1 Å². The molecule has 3 heterocycles. The summed E-state index contributed by atoms with van der Waals surface area (Å²) < 4.78 is 2.37. The van der Waals surface area contributed by atoms with Crippen LogP contribution in [-0.4, -0.2) is 38.2 Å². The van der Waals surface area contributed by atoms with E-state index in [1.54, 1.807) is 4.57 Å². The molecule has 2 aromatic heterocycles. The number of thioether (sulfide) groups is 1. The van der Waals surface area contributed by atoms with Crippen LogP contribution in [0.2, 0.25) is 0 Å². The first-order chi connectivity index (χ1) is 12.1. The van der Waals surface area contributed by atoms with Crippen molar-refractivity contribution in [2.24, 2.45) is 0 Å². The zero-order valence-electron chi connectivity index (χ0n) is 15.0. The molecule has 0 N–H and O–H groups in total. The smallest absolute Gasteiger partial charge is 0.272 e. The fourth-order valence-electron chi connectivity index (χ4n) is 3.45. The Labute approximate surface area is 156 Å². The van der Waals surface area contributed by atoms with Gasteiger partial charge in [0.1, 0.15) is 4.70 Å². The van der Waals surface area contributed by atoms with E-state index in [0.717, 1.165) is 31.3 Å². The molecule has 0 aromatic carbocycles. The van der Waals surface area contributed by atoms with Crippen molar-refractivity contribution in [3.8, 4) is 0 Å². The Bertz CT molecular complexity index is 814. The Morgan fingerprint density at radius 1 is 1.44 bits per heavy atom. The van der Waals surface area contributed by atoms with Crippen molar-refractivity contribution in [2.45, 2.75) is 69.4 Å². The quantitative estimate of drug-likeness (QED) is 0.586. The predicted molar refractivity (Wildman–Crippen MR) is 105 cm³/mol. The number of thiophene rings is 1. The van der Waals surface area contributed by atoms with Gasteiger partial charge >= 0.3 is 0 Å². The number of likely N-dealkylation sites (tertiary alicyclic amines) is 1. The summed E-state index contributed by atoms with van der Waals surface area (Å²) in [7, 11) is 0. The Balaban J connectivity index is 1.85. The number of carbonyl (C=O) groups excluding carboxylic acids is 1. The van der Waals surface area contributed by atoms with Gasteiger partial charge in [-0.05, 0) is 51.0 Å². The lowest BCUT2D eigenvalue weighted by Gasteiger charge is -2.36. The molecule has 0 radical (unpaired) electrons. The largest absolute Gasteiger partial charge is 0.339 e. The molecule has 2 atom stereocenters. The van der Waals surface area contributed by atoms with Gasteiger partial charge in [0.15, 0.2) is 5.16 Å². The van der Waals surface area contributed by atoms with Gasteiger partial charge in [-0.15, -0.1) is 11.3 Å². The molecule has 0 bridgehead atoms. The Morgan fingerprint density at radius 3 is 2.96 bits per heavy atom. The fourth-order valence-corrected chi connectivity index (χ4v) is 5.27. The molecule has 3 rings (SSSR count). The fraction of sp³-hybridized carbons (Fsp3) is 0.611. The van der Waals surface area contributed by atoms with Crippen molar-refractivity contribution in [1.82, 2.24) is 14.5 Å². The van der Waals surface area contributed by atoms with Gasteiger partial charge in [-0.25, -0.2) is 4.98 Å². The van der Waals surface area contributed by atoms with Crippen LogP contribution in [0, 0.1) is 0 Å². The van der Waals surface area contributed by atoms with Crippen LogP contribution < -0.4 is 5.56 Å². The van der Waals surface area contributed by atoms with Crippen molar-refractivity contribution in [3.63, 3.8) is 0 Å². The summed E-state index contributed by atoms with van der Waals surface area (Å²) >= 11 is 2.83. The molecule has 0 aliphatic carbocycles. The molecule has 1 fully saturated rings. The Kier molecular flexibility index (Phi) is 5.84. The number of rotatable bonds is 5. The average Bonchev–Trinajstić information content (AvgIpc) is 3.10. The van der Waals surface area contributed by atoms with Crippen LogP contribution in [0.5, 0.6) is 0 Å². The number of carbonyl (C=O) groups is 1. The molecule has 0 spiro atoms. The second-order valence-corrected chi connectivity index (χ2v) is 8.65. The van der Waals surface area contributed by atoms with Crippen LogP contribution in [0.15, 0.2) is 21.4 Å². The van der Waals surface area contributed by atoms with Gasteiger partial charge in [-0.1, -0.05) is 18.7 Å². The summed E-state index contributed by atoms with van der Waals surface area (Å²) in [6, 6.07) is 2.22. The van der Waals surface area contributed by atoms with Crippen molar-refractivity contribution in [2.75, 3.05) is 6.54 Å². The maximum Gasteiger partial charge on any atom is 0.272 e. The summed E-state index contributed by atoms with van der Waals surface area (Å²) in [6.45, 7) is 7.42. The van der Waals surface area contributed by atoms with Crippen molar-refractivity contribution in [1.29, 1.82) is 0 Å². The van der Waals surface area contributed by atoms with Crippen LogP contribution in [0.25, 0.3) is 10.2 Å². The lowest BCUT2D eigenvalue weighted by atomic mass is 10.00. The van der Waals surface area contributed by atoms with Gasteiger partial charge in [0.05, 0.1) is 10.8 Å². The first-order valence-electron chi connectivity index (χ1n) is 9.02. The van der Waals surface area contributed by atoms with Gasteiger partial charge in [0, 0.05) is 19.1 Å². The monoisotopic (exact) mass is 379 g/mol. The van der Waals surface area contributed by atoms with E-state index in [4.69, 9.17) is 0 Å².